The van der Waals surface area contributed by atoms with E-state index in [9.17, 15) is 4.79 Å². The first-order valence-corrected chi connectivity index (χ1v) is 9.49. The first kappa shape index (κ1) is 19.8. The maximum atomic E-state index is 12.0. The van der Waals surface area contributed by atoms with Gasteiger partial charge in [-0.05, 0) is 55.6 Å². The van der Waals surface area contributed by atoms with Crippen LogP contribution in [0.5, 0.6) is 11.5 Å². The molecule has 0 saturated carbocycles. The van der Waals surface area contributed by atoms with Gasteiger partial charge in [0, 0.05) is 37.6 Å². The van der Waals surface area contributed by atoms with Gasteiger partial charge >= 0.3 is 6.03 Å². The third kappa shape index (κ3) is 5.79. The van der Waals surface area contributed by atoms with Crippen LogP contribution in [0.2, 0.25) is 0 Å². The Kier molecular flexibility index (Phi) is 6.97. The second kappa shape index (κ2) is 9.85. The van der Waals surface area contributed by atoms with Gasteiger partial charge in [0.05, 0.1) is 13.7 Å². The van der Waals surface area contributed by atoms with Crippen molar-refractivity contribution < 1.29 is 14.3 Å². The minimum absolute atomic E-state index is 0.245. The van der Waals surface area contributed by atoms with Crippen molar-refractivity contribution in [2.45, 2.75) is 0 Å². The van der Waals surface area contributed by atoms with E-state index in [1.165, 1.54) is 5.69 Å². The number of rotatable bonds is 7. The molecule has 3 rings (SSSR count). The van der Waals surface area contributed by atoms with Crippen LogP contribution >= 0.6 is 0 Å². The molecule has 1 heterocycles. The Labute approximate surface area is 166 Å². The summed E-state index contributed by atoms with van der Waals surface area (Å²) in [6, 6.07) is 15.1. The van der Waals surface area contributed by atoms with Crippen LogP contribution in [0, 0.1) is 0 Å². The highest BCUT2D eigenvalue weighted by Gasteiger charge is 2.14. The number of urea groups is 1. The number of ether oxygens (including phenoxy) is 2. The Bertz CT molecular complexity index is 741. The normalized spacial score (nSPS) is 14.4. The quantitative estimate of drug-likeness (QED) is 0.719. The summed E-state index contributed by atoms with van der Waals surface area (Å²) in [6.45, 7) is 5.00. The van der Waals surface area contributed by atoms with Gasteiger partial charge in [-0.2, -0.15) is 0 Å². The minimum atomic E-state index is -0.245. The lowest BCUT2D eigenvalue weighted by molar-refractivity contribution is 0.247. The largest absolute Gasteiger partial charge is 0.497 e. The van der Waals surface area contributed by atoms with E-state index in [2.05, 4.69) is 27.5 Å². The second-order valence-corrected chi connectivity index (χ2v) is 6.74. The fourth-order valence-electron chi connectivity index (χ4n) is 3.00. The number of nitrogens with one attached hydrogen (secondary N) is 2. The van der Waals surface area contributed by atoms with Gasteiger partial charge in [-0.1, -0.05) is 0 Å². The summed E-state index contributed by atoms with van der Waals surface area (Å²) in [5, 5.41) is 5.64. The maximum absolute atomic E-state index is 12.0. The fraction of sp³-hybridized carbons (Fsp3) is 0.381. The standard InChI is InChI=1S/C21H28N4O3/c1-24-12-14-25(15-13-24)18-5-3-17(4-6-18)23-21(26)22-11-16-28-20-9-7-19(27-2)8-10-20/h3-10H,11-16H2,1-2H3,(H2,22,23,26). The van der Waals surface area contributed by atoms with Gasteiger partial charge in [0.2, 0.25) is 0 Å². The van der Waals surface area contributed by atoms with Crippen LogP contribution in [0.1, 0.15) is 0 Å². The smallest absolute Gasteiger partial charge is 0.319 e. The van der Waals surface area contributed by atoms with E-state index in [1.807, 2.05) is 48.5 Å². The van der Waals surface area contributed by atoms with Crippen LogP contribution in [0.4, 0.5) is 16.2 Å². The highest BCUT2D eigenvalue weighted by atomic mass is 16.5. The van der Waals surface area contributed by atoms with E-state index in [0.717, 1.165) is 43.4 Å². The van der Waals surface area contributed by atoms with Crippen molar-refractivity contribution in [3.8, 4) is 11.5 Å². The van der Waals surface area contributed by atoms with Gasteiger partial charge in [-0.25, -0.2) is 4.79 Å². The van der Waals surface area contributed by atoms with Crippen molar-refractivity contribution in [1.82, 2.24) is 10.2 Å². The van der Waals surface area contributed by atoms with Crippen LogP contribution < -0.4 is 25.0 Å². The van der Waals surface area contributed by atoms with Gasteiger partial charge in [0.15, 0.2) is 0 Å². The molecule has 0 aliphatic carbocycles. The van der Waals surface area contributed by atoms with Crippen LogP contribution in [0.3, 0.4) is 0 Å². The molecule has 0 unspecified atom stereocenters. The summed E-state index contributed by atoms with van der Waals surface area (Å²) in [7, 11) is 3.77. The number of likely N-dealkylation sites (N-methyl/N-ethyl adjacent to an activating group) is 1. The van der Waals surface area contributed by atoms with Crippen LogP contribution in [0.25, 0.3) is 0 Å². The van der Waals surface area contributed by atoms with Crippen molar-refractivity contribution in [3.63, 3.8) is 0 Å². The zero-order chi connectivity index (χ0) is 19.8. The highest BCUT2D eigenvalue weighted by Crippen LogP contribution is 2.19. The topological polar surface area (TPSA) is 66.1 Å². The molecule has 2 N–H and O–H groups in total. The molecule has 28 heavy (non-hydrogen) atoms. The van der Waals surface area contributed by atoms with Gasteiger partial charge in [0.1, 0.15) is 18.1 Å². The molecule has 1 fully saturated rings. The Morgan fingerprint density at radius 1 is 0.964 bits per heavy atom. The van der Waals surface area contributed by atoms with E-state index in [-0.39, 0.29) is 6.03 Å². The number of amides is 2. The lowest BCUT2D eigenvalue weighted by Gasteiger charge is -2.34. The monoisotopic (exact) mass is 384 g/mol. The van der Waals surface area contributed by atoms with Crippen LogP contribution in [-0.2, 0) is 0 Å². The van der Waals surface area contributed by atoms with Crippen LogP contribution in [0.15, 0.2) is 48.5 Å². The number of benzene rings is 2. The molecule has 7 nitrogen and oxygen atoms in total. The molecule has 1 saturated heterocycles. The molecular weight excluding hydrogens is 356 g/mol. The molecule has 0 bridgehead atoms. The molecule has 2 amide bonds. The van der Waals surface area contributed by atoms with Crippen molar-refractivity contribution in [2.75, 3.05) is 63.7 Å². The number of carbonyl (C=O) groups excluding carboxylic acids is 1. The molecular formula is C21H28N4O3. The number of hydrogen-bond donors (Lipinski definition) is 2. The summed E-state index contributed by atoms with van der Waals surface area (Å²) in [5.41, 5.74) is 1.96. The van der Waals surface area contributed by atoms with Crippen molar-refractivity contribution in [3.05, 3.63) is 48.5 Å². The average molecular weight is 384 g/mol. The number of methoxy groups -OCH3 is 1. The maximum Gasteiger partial charge on any atom is 0.319 e. The van der Waals surface area contributed by atoms with Gasteiger partial charge < -0.3 is 29.9 Å². The summed E-state index contributed by atoms with van der Waals surface area (Å²) < 4.78 is 10.7. The number of piperazine rings is 1. The van der Waals surface area contributed by atoms with Gasteiger partial charge in [-0.3, -0.25) is 0 Å². The van der Waals surface area contributed by atoms with E-state index < -0.39 is 0 Å². The zero-order valence-electron chi connectivity index (χ0n) is 16.5. The van der Waals surface area contributed by atoms with Crippen LogP contribution in [-0.4, -0.2) is 64.4 Å². The molecule has 1 aliphatic rings. The molecule has 7 heteroatoms. The molecule has 0 radical (unpaired) electrons. The Balaban J connectivity index is 1.37. The second-order valence-electron chi connectivity index (χ2n) is 6.74. The number of carbonyl (C=O) groups is 1. The van der Waals surface area contributed by atoms with E-state index in [4.69, 9.17) is 9.47 Å². The van der Waals surface area contributed by atoms with Gasteiger partial charge in [0.25, 0.3) is 0 Å². The summed E-state index contributed by atoms with van der Waals surface area (Å²) in [4.78, 5) is 16.7. The Hall–Kier alpha value is -2.93. The first-order chi connectivity index (χ1) is 13.6. The zero-order valence-corrected chi connectivity index (χ0v) is 16.5. The Morgan fingerprint density at radius 3 is 2.25 bits per heavy atom. The van der Waals surface area contributed by atoms with E-state index >= 15 is 0 Å². The van der Waals surface area contributed by atoms with Gasteiger partial charge in [-0.15, -0.1) is 0 Å². The van der Waals surface area contributed by atoms with E-state index in [0.29, 0.717) is 13.2 Å². The van der Waals surface area contributed by atoms with Crippen molar-refractivity contribution >= 4 is 17.4 Å². The fourth-order valence-corrected chi connectivity index (χ4v) is 3.00. The predicted molar refractivity (Wildman–Crippen MR) is 112 cm³/mol. The third-order valence-electron chi connectivity index (χ3n) is 4.71. The van der Waals surface area contributed by atoms with E-state index in [1.54, 1.807) is 7.11 Å². The third-order valence-corrected chi connectivity index (χ3v) is 4.71. The SMILES string of the molecule is COc1ccc(OCCNC(=O)Nc2ccc(N3CCN(C)CC3)cc2)cc1. The Morgan fingerprint density at radius 2 is 1.61 bits per heavy atom. The molecule has 0 spiro atoms. The lowest BCUT2D eigenvalue weighted by Crippen LogP contribution is -2.44. The molecule has 2 aromatic carbocycles. The van der Waals surface area contributed by atoms with Crippen molar-refractivity contribution in [2.24, 2.45) is 0 Å². The molecule has 2 aromatic rings. The summed E-state index contributed by atoms with van der Waals surface area (Å²) >= 11 is 0. The minimum Gasteiger partial charge on any atom is -0.497 e. The lowest BCUT2D eigenvalue weighted by atomic mass is 10.2. The summed E-state index contributed by atoms with van der Waals surface area (Å²) in [6.07, 6.45) is 0. The molecule has 1 aliphatic heterocycles. The number of nitrogens with zero attached hydrogens (tertiary/aromatic N) is 2. The summed E-state index contributed by atoms with van der Waals surface area (Å²) in [5.74, 6) is 1.52. The first-order valence-electron chi connectivity index (χ1n) is 9.49. The molecule has 0 aromatic heterocycles. The average Bonchev–Trinajstić information content (AvgIpc) is 2.73. The van der Waals surface area contributed by atoms with Crippen molar-refractivity contribution in [1.29, 1.82) is 0 Å². The molecule has 150 valence electrons. The number of hydrogen-bond acceptors (Lipinski definition) is 5. The highest BCUT2D eigenvalue weighted by molar-refractivity contribution is 5.89. The predicted octanol–water partition coefficient (Wildman–Crippen LogP) is 2.65. The molecule has 0 atom stereocenters. The number of anilines is 2.